The van der Waals surface area contributed by atoms with Crippen LogP contribution in [-0.4, -0.2) is 48.1 Å². The van der Waals surface area contributed by atoms with Crippen LogP contribution >= 0.6 is 0 Å². The molecule has 0 unspecified atom stereocenters. The Bertz CT molecular complexity index is 708. The second-order valence-corrected chi connectivity index (χ2v) is 6.43. The molecule has 1 aliphatic rings. The Hall–Kier alpha value is -2.48. The van der Waals surface area contributed by atoms with Crippen molar-refractivity contribution < 1.29 is 13.7 Å². The van der Waals surface area contributed by atoms with Gasteiger partial charge in [0.15, 0.2) is 0 Å². The Morgan fingerprint density at radius 3 is 2.60 bits per heavy atom. The number of rotatable bonds is 5. The Morgan fingerprint density at radius 1 is 1.32 bits per heavy atom. The maximum atomic E-state index is 12.9. The van der Waals surface area contributed by atoms with Gasteiger partial charge in [0.1, 0.15) is 5.82 Å². The number of amides is 1. The third-order valence-corrected chi connectivity index (χ3v) is 4.29. The minimum Gasteiger partial charge on any atom is -0.344 e. The molecule has 3 rings (SSSR count). The minimum absolute atomic E-state index is 0.0149. The van der Waals surface area contributed by atoms with Crippen molar-refractivity contribution in [1.82, 2.24) is 15.0 Å². The lowest BCUT2D eigenvalue weighted by Gasteiger charge is -2.30. The van der Waals surface area contributed by atoms with Gasteiger partial charge >= 0.3 is 0 Å². The minimum atomic E-state index is -0.315. The standard InChI is InChI=1S/C17H22FN5O2/c1-22(2)17-20-15(25-21-17)11-23-9-7-12(8-10-23)16(24)19-14-5-3-13(18)4-6-14/h3-6,12H,7-11H2,1-2H3,(H,19,24). The summed E-state index contributed by atoms with van der Waals surface area (Å²) < 4.78 is 18.1. The van der Waals surface area contributed by atoms with E-state index in [1.165, 1.54) is 12.1 Å². The lowest BCUT2D eigenvalue weighted by Crippen LogP contribution is -2.37. The molecule has 25 heavy (non-hydrogen) atoms. The van der Waals surface area contributed by atoms with Crippen molar-refractivity contribution in [2.24, 2.45) is 5.92 Å². The van der Waals surface area contributed by atoms with Crippen molar-refractivity contribution in [3.63, 3.8) is 0 Å². The van der Waals surface area contributed by atoms with Gasteiger partial charge in [0.2, 0.25) is 11.8 Å². The highest BCUT2D eigenvalue weighted by Crippen LogP contribution is 2.21. The monoisotopic (exact) mass is 347 g/mol. The molecule has 8 heteroatoms. The topological polar surface area (TPSA) is 74.5 Å². The summed E-state index contributed by atoms with van der Waals surface area (Å²) in [4.78, 5) is 20.6. The van der Waals surface area contributed by atoms with Gasteiger partial charge in [-0.15, -0.1) is 0 Å². The van der Waals surface area contributed by atoms with Gasteiger partial charge in [-0.05, 0) is 55.4 Å². The molecular formula is C17H22FN5O2. The normalized spacial score (nSPS) is 16.0. The maximum Gasteiger partial charge on any atom is 0.265 e. The molecule has 0 radical (unpaired) electrons. The second-order valence-electron chi connectivity index (χ2n) is 6.43. The van der Waals surface area contributed by atoms with Crippen LogP contribution in [0.5, 0.6) is 0 Å². The first-order valence-electron chi connectivity index (χ1n) is 8.30. The Kier molecular flexibility index (Phi) is 5.28. The van der Waals surface area contributed by atoms with Crippen molar-refractivity contribution in [1.29, 1.82) is 0 Å². The zero-order valence-corrected chi connectivity index (χ0v) is 14.4. The van der Waals surface area contributed by atoms with Crippen LogP contribution in [0.3, 0.4) is 0 Å². The van der Waals surface area contributed by atoms with E-state index in [0.717, 1.165) is 25.9 Å². The third-order valence-electron chi connectivity index (χ3n) is 4.29. The summed E-state index contributed by atoms with van der Waals surface area (Å²) >= 11 is 0. The van der Waals surface area contributed by atoms with E-state index in [1.54, 1.807) is 17.0 Å². The highest BCUT2D eigenvalue weighted by Gasteiger charge is 2.26. The predicted molar refractivity (Wildman–Crippen MR) is 91.7 cm³/mol. The van der Waals surface area contributed by atoms with Crippen LogP contribution in [0.15, 0.2) is 28.8 Å². The van der Waals surface area contributed by atoms with E-state index in [4.69, 9.17) is 4.52 Å². The molecular weight excluding hydrogens is 325 g/mol. The number of halogens is 1. The lowest BCUT2D eigenvalue weighted by atomic mass is 9.96. The van der Waals surface area contributed by atoms with Gasteiger partial charge in [-0.1, -0.05) is 0 Å². The number of benzene rings is 1. The Morgan fingerprint density at radius 2 is 2.00 bits per heavy atom. The van der Waals surface area contributed by atoms with Crippen molar-refractivity contribution in [3.05, 3.63) is 36.0 Å². The summed E-state index contributed by atoms with van der Waals surface area (Å²) in [5.74, 6) is 0.770. The molecule has 0 aliphatic carbocycles. The first kappa shape index (κ1) is 17.3. The van der Waals surface area contributed by atoms with E-state index in [9.17, 15) is 9.18 Å². The molecule has 7 nitrogen and oxygen atoms in total. The summed E-state index contributed by atoms with van der Waals surface area (Å²) in [6, 6.07) is 5.82. The molecule has 1 amide bonds. The molecule has 1 N–H and O–H groups in total. The molecule has 1 aliphatic heterocycles. The maximum absolute atomic E-state index is 12.9. The SMILES string of the molecule is CN(C)c1noc(CN2CCC(C(=O)Nc3ccc(F)cc3)CC2)n1. The van der Waals surface area contributed by atoms with E-state index in [2.05, 4.69) is 20.4 Å². The number of hydrogen-bond acceptors (Lipinski definition) is 6. The molecule has 2 heterocycles. The molecule has 0 saturated carbocycles. The number of carbonyl (C=O) groups is 1. The van der Waals surface area contributed by atoms with Gasteiger partial charge < -0.3 is 14.7 Å². The fourth-order valence-electron chi connectivity index (χ4n) is 2.81. The average molecular weight is 347 g/mol. The number of anilines is 2. The number of piperidine rings is 1. The van der Waals surface area contributed by atoms with E-state index in [-0.39, 0.29) is 17.6 Å². The summed E-state index contributed by atoms with van der Waals surface area (Å²) in [5.41, 5.74) is 0.621. The van der Waals surface area contributed by atoms with E-state index < -0.39 is 0 Å². The summed E-state index contributed by atoms with van der Waals surface area (Å²) in [5, 5.41) is 6.75. The zero-order valence-electron chi connectivity index (χ0n) is 14.4. The van der Waals surface area contributed by atoms with Gasteiger partial charge in [-0.3, -0.25) is 9.69 Å². The van der Waals surface area contributed by atoms with Gasteiger partial charge in [0.25, 0.3) is 5.95 Å². The van der Waals surface area contributed by atoms with Crippen LogP contribution in [0.2, 0.25) is 0 Å². The van der Waals surface area contributed by atoms with Gasteiger partial charge in [0, 0.05) is 25.7 Å². The largest absolute Gasteiger partial charge is 0.344 e. The van der Waals surface area contributed by atoms with Crippen molar-refractivity contribution in [3.8, 4) is 0 Å². The van der Waals surface area contributed by atoms with E-state index in [1.807, 2.05) is 14.1 Å². The molecule has 0 spiro atoms. The quantitative estimate of drug-likeness (QED) is 0.893. The summed E-state index contributed by atoms with van der Waals surface area (Å²) in [7, 11) is 3.72. The number of carbonyl (C=O) groups excluding carboxylic acids is 1. The first-order chi connectivity index (χ1) is 12.0. The molecule has 2 aromatic rings. The zero-order chi connectivity index (χ0) is 17.8. The van der Waals surface area contributed by atoms with Crippen LogP contribution in [0, 0.1) is 11.7 Å². The summed E-state index contributed by atoms with van der Waals surface area (Å²) in [6.07, 6.45) is 1.53. The van der Waals surface area contributed by atoms with Crippen LogP contribution in [-0.2, 0) is 11.3 Å². The van der Waals surface area contributed by atoms with Gasteiger partial charge in [0.05, 0.1) is 6.54 Å². The van der Waals surface area contributed by atoms with E-state index in [0.29, 0.717) is 24.1 Å². The molecule has 0 bridgehead atoms. The number of hydrogen-bond donors (Lipinski definition) is 1. The number of likely N-dealkylation sites (tertiary alicyclic amines) is 1. The van der Waals surface area contributed by atoms with Crippen molar-refractivity contribution in [2.75, 3.05) is 37.4 Å². The van der Waals surface area contributed by atoms with Crippen LogP contribution in [0.1, 0.15) is 18.7 Å². The molecule has 1 saturated heterocycles. The molecule has 1 aromatic heterocycles. The predicted octanol–water partition coefficient (Wildman–Crippen LogP) is 2.13. The van der Waals surface area contributed by atoms with Gasteiger partial charge in [-0.2, -0.15) is 4.98 Å². The van der Waals surface area contributed by atoms with E-state index >= 15 is 0 Å². The smallest absolute Gasteiger partial charge is 0.265 e. The van der Waals surface area contributed by atoms with Crippen LogP contribution in [0.25, 0.3) is 0 Å². The average Bonchev–Trinajstić information content (AvgIpc) is 3.06. The Labute approximate surface area is 145 Å². The van der Waals surface area contributed by atoms with Crippen molar-refractivity contribution in [2.45, 2.75) is 19.4 Å². The number of nitrogens with one attached hydrogen (secondary N) is 1. The Balaban J connectivity index is 1.47. The first-order valence-corrected chi connectivity index (χ1v) is 8.30. The molecule has 0 atom stereocenters. The van der Waals surface area contributed by atoms with Crippen LogP contribution in [0.4, 0.5) is 16.0 Å². The molecule has 1 fully saturated rings. The number of aromatic nitrogens is 2. The van der Waals surface area contributed by atoms with Crippen LogP contribution < -0.4 is 10.2 Å². The van der Waals surface area contributed by atoms with Gasteiger partial charge in [-0.25, -0.2) is 4.39 Å². The number of nitrogens with zero attached hydrogens (tertiary/aromatic N) is 4. The highest BCUT2D eigenvalue weighted by atomic mass is 19.1. The third kappa shape index (κ3) is 4.54. The van der Waals surface area contributed by atoms with Crippen molar-refractivity contribution >= 4 is 17.5 Å². The highest BCUT2D eigenvalue weighted by molar-refractivity contribution is 5.92. The fraction of sp³-hybridized carbons (Fsp3) is 0.471. The molecule has 134 valence electrons. The molecule has 1 aromatic carbocycles. The fourth-order valence-corrected chi connectivity index (χ4v) is 2.81. The summed E-state index contributed by atoms with van der Waals surface area (Å²) in [6.45, 7) is 2.18. The second kappa shape index (κ2) is 7.60. The lowest BCUT2D eigenvalue weighted by molar-refractivity contribution is -0.121.